The van der Waals surface area contributed by atoms with E-state index in [2.05, 4.69) is 9.88 Å². The summed E-state index contributed by atoms with van der Waals surface area (Å²) in [6.07, 6.45) is 8.66. The molecule has 126 valence electrons. The van der Waals surface area contributed by atoms with E-state index in [1.54, 1.807) is 17.3 Å². The molecule has 1 saturated heterocycles. The minimum atomic E-state index is -0.416. The van der Waals surface area contributed by atoms with Gasteiger partial charge in [-0.2, -0.15) is 0 Å². The third-order valence-corrected chi connectivity index (χ3v) is 5.40. The molecule has 23 heavy (non-hydrogen) atoms. The standard InChI is InChI=1S/C18H27N3O2/c1-20(17(22)9-6-14-5-4-10-19-13-14)15-7-8-16(18(15)23)21-11-2-3-12-21/h4-5,10,13,15-16,18,23H,2-3,6-9,11-12H2,1H3/t15-,16-,18-/m1/s1. The summed E-state index contributed by atoms with van der Waals surface area (Å²) in [5.74, 6) is 0.111. The Labute approximate surface area is 138 Å². The van der Waals surface area contributed by atoms with E-state index in [9.17, 15) is 9.90 Å². The maximum Gasteiger partial charge on any atom is 0.222 e. The molecule has 5 heteroatoms. The molecule has 1 saturated carbocycles. The number of amides is 1. The second kappa shape index (κ2) is 7.41. The molecular weight excluding hydrogens is 290 g/mol. The van der Waals surface area contributed by atoms with Crippen molar-refractivity contribution in [1.29, 1.82) is 0 Å². The van der Waals surface area contributed by atoms with Gasteiger partial charge in [0.25, 0.3) is 0 Å². The van der Waals surface area contributed by atoms with Gasteiger partial charge < -0.3 is 10.0 Å². The van der Waals surface area contributed by atoms with Crippen molar-refractivity contribution in [2.24, 2.45) is 0 Å². The molecule has 0 aromatic carbocycles. The summed E-state index contributed by atoms with van der Waals surface area (Å²) in [6.45, 7) is 2.18. The lowest BCUT2D eigenvalue weighted by atomic mass is 10.1. The summed E-state index contributed by atoms with van der Waals surface area (Å²) < 4.78 is 0. The number of carbonyl (C=O) groups is 1. The van der Waals surface area contributed by atoms with Gasteiger partial charge in [0.05, 0.1) is 12.1 Å². The van der Waals surface area contributed by atoms with Gasteiger partial charge in [0.15, 0.2) is 0 Å². The number of aliphatic hydroxyl groups is 1. The number of pyridine rings is 1. The van der Waals surface area contributed by atoms with Crippen LogP contribution in [0.15, 0.2) is 24.5 Å². The van der Waals surface area contributed by atoms with Crippen molar-refractivity contribution >= 4 is 5.91 Å². The number of nitrogens with zero attached hydrogens (tertiary/aromatic N) is 3. The average Bonchev–Trinajstić information content (AvgIpc) is 3.22. The average molecular weight is 317 g/mol. The summed E-state index contributed by atoms with van der Waals surface area (Å²) >= 11 is 0. The highest BCUT2D eigenvalue weighted by Crippen LogP contribution is 2.30. The van der Waals surface area contributed by atoms with Crippen LogP contribution < -0.4 is 0 Å². The van der Waals surface area contributed by atoms with E-state index in [4.69, 9.17) is 0 Å². The van der Waals surface area contributed by atoms with Crippen molar-refractivity contribution in [3.63, 3.8) is 0 Å². The van der Waals surface area contributed by atoms with E-state index in [-0.39, 0.29) is 18.0 Å². The number of hydrogen-bond donors (Lipinski definition) is 1. The highest BCUT2D eigenvalue weighted by molar-refractivity contribution is 5.76. The van der Waals surface area contributed by atoms with E-state index < -0.39 is 6.10 Å². The van der Waals surface area contributed by atoms with Crippen LogP contribution in [0.4, 0.5) is 0 Å². The smallest absolute Gasteiger partial charge is 0.222 e. The van der Waals surface area contributed by atoms with Crippen LogP contribution in [0.3, 0.4) is 0 Å². The van der Waals surface area contributed by atoms with E-state index >= 15 is 0 Å². The largest absolute Gasteiger partial charge is 0.389 e. The first kappa shape index (κ1) is 16.4. The van der Waals surface area contributed by atoms with Gasteiger partial charge in [0, 0.05) is 31.9 Å². The summed E-state index contributed by atoms with van der Waals surface area (Å²) in [5.41, 5.74) is 1.08. The summed E-state index contributed by atoms with van der Waals surface area (Å²) in [6, 6.07) is 4.08. The first-order chi connectivity index (χ1) is 11.2. The Balaban J connectivity index is 1.53. The van der Waals surface area contributed by atoms with Crippen molar-refractivity contribution in [3.8, 4) is 0 Å². The highest BCUT2D eigenvalue weighted by Gasteiger charge is 2.41. The second-order valence-corrected chi connectivity index (χ2v) is 6.81. The molecule has 0 spiro atoms. The maximum atomic E-state index is 12.5. The number of rotatable bonds is 5. The molecule has 5 nitrogen and oxygen atoms in total. The van der Waals surface area contributed by atoms with Crippen molar-refractivity contribution in [2.45, 2.75) is 56.7 Å². The molecule has 1 amide bonds. The minimum absolute atomic E-state index is 0.0398. The van der Waals surface area contributed by atoms with Crippen molar-refractivity contribution in [1.82, 2.24) is 14.8 Å². The number of hydrogen-bond acceptors (Lipinski definition) is 4. The lowest BCUT2D eigenvalue weighted by Crippen LogP contribution is -2.48. The van der Waals surface area contributed by atoms with E-state index in [1.165, 1.54) is 12.8 Å². The Morgan fingerprint density at radius 1 is 1.39 bits per heavy atom. The summed E-state index contributed by atoms with van der Waals surface area (Å²) in [4.78, 5) is 20.7. The predicted octanol–water partition coefficient (Wildman–Crippen LogP) is 1.46. The molecule has 2 aliphatic rings. The Bertz CT molecular complexity index is 516. The Kier molecular flexibility index (Phi) is 5.28. The lowest BCUT2D eigenvalue weighted by molar-refractivity contribution is -0.134. The molecule has 2 heterocycles. The van der Waals surface area contributed by atoms with E-state index in [0.717, 1.165) is 31.5 Å². The first-order valence-electron chi connectivity index (χ1n) is 8.73. The minimum Gasteiger partial charge on any atom is -0.389 e. The van der Waals surface area contributed by atoms with Crippen LogP contribution in [0.5, 0.6) is 0 Å². The van der Waals surface area contributed by atoms with Crippen LogP contribution in [0.25, 0.3) is 0 Å². The van der Waals surface area contributed by atoms with Crippen molar-refractivity contribution < 1.29 is 9.90 Å². The molecular formula is C18H27N3O2. The van der Waals surface area contributed by atoms with Crippen molar-refractivity contribution in [2.75, 3.05) is 20.1 Å². The van der Waals surface area contributed by atoms with Gasteiger partial charge in [-0.25, -0.2) is 0 Å². The van der Waals surface area contributed by atoms with E-state index in [0.29, 0.717) is 12.8 Å². The number of likely N-dealkylation sites (tertiary alicyclic amines) is 1. The molecule has 0 unspecified atom stereocenters. The number of aliphatic hydroxyl groups excluding tert-OH is 1. The van der Waals surface area contributed by atoms with Crippen molar-refractivity contribution in [3.05, 3.63) is 30.1 Å². The molecule has 1 aliphatic carbocycles. The number of aryl methyl sites for hydroxylation is 1. The van der Waals surface area contributed by atoms with Crippen LogP contribution in [-0.2, 0) is 11.2 Å². The Morgan fingerprint density at radius 2 is 2.17 bits per heavy atom. The zero-order valence-electron chi connectivity index (χ0n) is 13.9. The third kappa shape index (κ3) is 3.72. The fourth-order valence-corrected chi connectivity index (χ4v) is 3.99. The van der Waals surface area contributed by atoms with Gasteiger partial charge in [-0.1, -0.05) is 6.07 Å². The van der Waals surface area contributed by atoms with Crippen LogP contribution in [0, 0.1) is 0 Å². The monoisotopic (exact) mass is 317 g/mol. The molecule has 3 rings (SSSR count). The maximum absolute atomic E-state index is 12.5. The zero-order valence-corrected chi connectivity index (χ0v) is 13.9. The van der Waals surface area contributed by atoms with Crippen LogP contribution in [-0.4, -0.2) is 64.1 Å². The van der Waals surface area contributed by atoms with E-state index in [1.807, 2.05) is 19.2 Å². The molecule has 1 N–H and O–H groups in total. The van der Waals surface area contributed by atoms with Gasteiger partial charge in [0.2, 0.25) is 5.91 Å². The molecule has 1 aromatic rings. The van der Waals surface area contributed by atoms with Gasteiger partial charge >= 0.3 is 0 Å². The fraction of sp³-hybridized carbons (Fsp3) is 0.667. The highest BCUT2D eigenvalue weighted by atomic mass is 16.3. The zero-order chi connectivity index (χ0) is 16.2. The Hall–Kier alpha value is -1.46. The Morgan fingerprint density at radius 3 is 2.87 bits per heavy atom. The lowest BCUT2D eigenvalue weighted by Gasteiger charge is -2.32. The molecule has 2 fully saturated rings. The molecule has 0 radical (unpaired) electrons. The summed E-state index contributed by atoms with van der Waals surface area (Å²) in [7, 11) is 1.84. The van der Waals surface area contributed by atoms with Gasteiger partial charge in [-0.3, -0.25) is 14.7 Å². The molecule has 1 aromatic heterocycles. The van der Waals surface area contributed by atoms with Gasteiger partial charge in [-0.15, -0.1) is 0 Å². The number of aromatic nitrogens is 1. The number of likely N-dealkylation sites (N-methyl/N-ethyl adjacent to an activating group) is 1. The fourth-order valence-electron chi connectivity index (χ4n) is 3.99. The van der Waals surface area contributed by atoms with Gasteiger partial charge in [-0.05, 0) is 56.8 Å². The molecule has 3 atom stereocenters. The SMILES string of the molecule is CN(C(=O)CCc1cccnc1)[C@@H]1CC[C@@H](N2CCCC2)[C@@H]1O. The summed E-state index contributed by atoms with van der Waals surface area (Å²) in [5, 5.41) is 10.7. The quantitative estimate of drug-likeness (QED) is 0.893. The first-order valence-corrected chi connectivity index (χ1v) is 8.73. The third-order valence-electron chi connectivity index (χ3n) is 5.40. The molecule has 1 aliphatic heterocycles. The normalized spacial score (nSPS) is 28.2. The predicted molar refractivity (Wildman–Crippen MR) is 89.0 cm³/mol. The van der Waals surface area contributed by atoms with Gasteiger partial charge in [0.1, 0.15) is 0 Å². The van der Waals surface area contributed by atoms with Crippen LogP contribution >= 0.6 is 0 Å². The van der Waals surface area contributed by atoms with Crippen LogP contribution in [0.2, 0.25) is 0 Å². The number of carbonyl (C=O) groups excluding carboxylic acids is 1. The van der Waals surface area contributed by atoms with Crippen LogP contribution in [0.1, 0.15) is 37.7 Å². The molecule has 0 bridgehead atoms. The topological polar surface area (TPSA) is 56.7 Å². The second-order valence-electron chi connectivity index (χ2n) is 6.81.